The zero-order valence-electron chi connectivity index (χ0n) is 14.2. The summed E-state index contributed by atoms with van der Waals surface area (Å²) in [4.78, 5) is 12.5. The van der Waals surface area contributed by atoms with Gasteiger partial charge in [-0.25, -0.2) is 14.0 Å². The molecule has 1 aliphatic rings. The highest BCUT2D eigenvalue weighted by Crippen LogP contribution is 2.33. The summed E-state index contributed by atoms with van der Waals surface area (Å²) in [6.45, 7) is 7.78. The number of aryl methyl sites for hydroxylation is 1. The highest BCUT2D eigenvalue weighted by molar-refractivity contribution is 7.86. The third-order valence-corrected chi connectivity index (χ3v) is 5.42. The Hall–Kier alpha value is -2.22. The number of aliphatic hydroxyl groups is 1. The predicted molar refractivity (Wildman–Crippen MR) is 97.1 cm³/mol. The Kier molecular flexibility index (Phi) is 6.30. The zero-order chi connectivity index (χ0) is 18.6. The first-order valence-electron chi connectivity index (χ1n) is 7.83. The molecule has 0 aliphatic carbocycles. The Balaban J connectivity index is 2.35. The van der Waals surface area contributed by atoms with Gasteiger partial charge in [-0.15, -0.1) is 0 Å². The molecule has 7 heteroatoms. The normalized spacial score (nSPS) is 19.5. The van der Waals surface area contributed by atoms with E-state index in [9.17, 15) is 14.1 Å². The number of nitrogens with one attached hydrogen (secondary N) is 1. The monoisotopic (exact) mass is 362 g/mol. The summed E-state index contributed by atoms with van der Waals surface area (Å²) < 4.78 is 14.3. The minimum Gasteiger partial charge on any atom is -0.508 e. The predicted octanol–water partition coefficient (Wildman–Crippen LogP) is 2.60. The smallest absolute Gasteiger partial charge is 0.266 e. The van der Waals surface area contributed by atoms with Gasteiger partial charge in [0, 0.05) is 11.4 Å². The van der Waals surface area contributed by atoms with Crippen molar-refractivity contribution in [1.82, 2.24) is 9.79 Å². The van der Waals surface area contributed by atoms with Crippen molar-refractivity contribution in [1.29, 1.82) is 0 Å². The highest BCUT2D eigenvalue weighted by Gasteiger charge is 2.36. The number of hydrogen-bond donors (Lipinski definition) is 3. The summed E-state index contributed by atoms with van der Waals surface area (Å²) in [5.74, 6) is -0.617. The molecule has 0 aromatic heterocycles. The minimum absolute atomic E-state index is 0.0299. The molecule has 3 N–H and O–H groups in total. The number of aliphatic hydroxyl groups excluding tert-OH is 1. The molecule has 25 heavy (non-hydrogen) atoms. The van der Waals surface area contributed by atoms with Crippen molar-refractivity contribution in [3.05, 3.63) is 70.4 Å². The van der Waals surface area contributed by atoms with E-state index < -0.39 is 22.9 Å². The average molecular weight is 362 g/mol. The van der Waals surface area contributed by atoms with Crippen LogP contribution in [0.3, 0.4) is 0 Å². The third kappa shape index (κ3) is 4.25. The summed E-state index contributed by atoms with van der Waals surface area (Å²) in [7, 11) is -1.69. The van der Waals surface area contributed by atoms with Gasteiger partial charge in [-0.05, 0) is 49.6 Å². The molecule has 2 atom stereocenters. The molecule has 1 heterocycles. The maximum atomic E-state index is 12.8. The van der Waals surface area contributed by atoms with Gasteiger partial charge >= 0.3 is 0 Å². The van der Waals surface area contributed by atoms with Crippen molar-refractivity contribution in [2.24, 2.45) is 0 Å². The maximum absolute atomic E-state index is 12.8. The quantitative estimate of drug-likeness (QED) is 0.325. The number of hydroxylamine groups is 1. The van der Waals surface area contributed by atoms with Gasteiger partial charge in [0.1, 0.15) is 22.8 Å². The van der Waals surface area contributed by atoms with Crippen LogP contribution in [-0.2, 0) is 22.2 Å². The van der Waals surface area contributed by atoms with Crippen molar-refractivity contribution in [2.75, 3.05) is 6.54 Å². The van der Waals surface area contributed by atoms with E-state index in [0.29, 0.717) is 18.5 Å². The number of hydrogen-bond acceptors (Lipinski definition) is 4. The Morgan fingerprint density at radius 1 is 1.44 bits per heavy atom. The van der Waals surface area contributed by atoms with Gasteiger partial charge in [0.15, 0.2) is 0 Å². The molecule has 134 valence electrons. The Labute approximate surface area is 149 Å². The molecule has 1 amide bonds. The van der Waals surface area contributed by atoms with Gasteiger partial charge in [0.2, 0.25) is 0 Å². The number of carbonyl (C=O) groups excluding carboxylic acids is 1. The largest absolute Gasteiger partial charge is 0.508 e. The lowest BCUT2D eigenvalue weighted by Crippen LogP contribution is -2.44. The van der Waals surface area contributed by atoms with Crippen molar-refractivity contribution in [3.63, 3.8) is 0 Å². The Morgan fingerprint density at radius 2 is 2.16 bits per heavy atom. The van der Waals surface area contributed by atoms with Crippen molar-refractivity contribution in [2.45, 2.75) is 26.3 Å². The average Bonchev–Trinajstić information content (AvgIpc) is 2.63. The molecule has 0 radical (unpaired) electrons. The molecular weight excluding hydrogens is 340 g/mol. The Bertz CT molecular complexity index is 770. The molecule has 0 fully saturated rings. The first-order valence-corrected chi connectivity index (χ1v) is 8.94. The minimum atomic E-state index is -1.69. The molecule has 0 spiro atoms. The number of fused-ring (bicyclic) bond motifs is 1. The SMILES string of the molecule is C=C(/C=C\C(O)=C/C)S(=O)N1CCc2cc(C)ccc2C1C(=O)NO. The zero-order valence-corrected chi connectivity index (χ0v) is 15.0. The van der Waals surface area contributed by atoms with Gasteiger partial charge in [-0.2, -0.15) is 0 Å². The van der Waals surface area contributed by atoms with Crippen LogP contribution in [0.5, 0.6) is 0 Å². The second-order valence-electron chi connectivity index (χ2n) is 5.73. The van der Waals surface area contributed by atoms with E-state index in [4.69, 9.17) is 5.21 Å². The van der Waals surface area contributed by atoms with Crippen LogP contribution in [0.4, 0.5) is 0 Å². The van der Waals surface area contributed by atoms with E-state index in [1.165, 1.54) is 22.5 Å². The molecule has 6 nitrogen and oxygen atoms in total. The van der Waals surface area contributed by atoms with Crippen LogP contribution in [0.25, 0.3) is 0 Å². The standard InChI is InChI=1S/C18H22N2O4S/c1-4-15(21)7-6-13(3)25(24)20-10-9-14-11-12(2)5-8-16(14)17(20)18(22)19-23/h4-8,11,17,21,23H,3,9-10H2,1-2H3,(H,19,22)/b7-6-,15-4+. The van der Waals surface area contributed by atoms with Crippen LogP contribution in [0, 0.1) is 6.92 Å². The fourth-order valence-corrected chi connectivity index (χ4v) is 3.87. The van der Waals surface area contributed by atoms with Gasteiger partial charge in [-0.1, -0.05) is 30.3 Å². The number of allylic oxidation sites excluding steroid dienone is 3. The lowest BCUT2D eigenvalue weighted by molar-refractivity contribution is -0.133. The molecule has 2 unspecified atom stereocenters. The van der Waals surface area contributed by atoms with E-state index in [1.807, 2.05) is 25.1 Å². The van der Waals surface area contributed by atoms with E-state index in [1.54, 1.807) is 12.4 Å². The third-order valence-electron chi connectivity index (χ3n) is 4.01. The Morgan fingerprint density at radius 3 is 2.80 bits per heavy atom. The summed E-state index contributed by atoms with van der Waals surface area (Å²) >= 11 is 0. The lowest BCUT2D eigenvalue weighted by atomic mass is 9.92. The van der Waals surface area contributed by atoms with Crippen molar-refractivity contribution in [3.8, 4) is 0 Å². The van der Waals surface area contributed by atoms with Crippen molar-refractivity contribution < 1.29 is 19.3 Å². The van der Waals surface area contributed by atoms with Crippen LogP contribution in [0.15, 0.2) is 53.7 Å². The fraction of sp³-hybridized carbons (Fsp3) is 0.278. The second kappa shape index (κ2) is 8.24. The maximum Gasteiger partial charge on any atom is 0.266 e. The molecular formula is C18H22N2O4S. The molecule has 0 saturated carbocycles. The summed E-state index contributed by atoms with van der Waals surface area (Å²) in [6, 6.07) is 4.81. The molecule has 1 aromatic rings. The molecule has 0 saturated heterocycles. The van der Waals surface area contributed by atoms with Crippen LogP contribution >= 0.6 is 0 Å². The first-order chi connectivity index (χ1) is 11.9. The molecule has 2 rings (SSSR count). The van der Waals surface area contributed by atoms with Crippen molar-refractivity contribution >= 4 is 16.9 Å². The fourth-order valence-electron chi connectivity index (χ4n) is 2.73. The van der Waals surface area contributed by atoms with E-state index >= 15 is 0 Å². The lowest BCUT2D eigenvalue weighted by Gasteiger charge is -2.34. The number of amides is 1. The highest BCUT2D eigenvalue weighted by atomic mass is 32.2. The summed E-state index contributed by atoms with van der Waals surface area (Å²) in [6.07, 6.45) is 4.97. The van der Waals surface area contributed by atoms with Crippen LogP contribution in [0.2, 0.25) is 0 Å². The first kappa shape index (κ1) is 19.1. The van der Waals surface area contributed by atoms with Gasteiger partial charge in [0.05, 0.1) is 0 Å². The van der Waals surface area contributed by atoms with Crippen LogP contribution < -0.4 is 5.48 Å². The van der Waals surface area contributed by atoms with Gasteiger partial charge in [-0.3, -0.25) is 10.0 Å². The number of benzene rings is 1. The molecule has 1 aromatic carbocycles. The van der Waals surface area contributed by atoms with Crippen LogP contribution in [-0.4, -0.2) is 31.3 Å². The number of nitrogens with zero attached hydrogens (tertiary/aromatic N) is 1. The topological polar surface area (TPSA) is 89.9 Å². The second-order valence-corrected chi connectivity index (χ2v) is 7.23. The van der Waals surface area contributed by atoms with Gasteiger partial charge in [0.25, 0.3) is 5.91 Å². The van der Waals surface area contributed by atoms with Crippen LogP contribution in [0.1, 0.15) is 29.7 Å². The number of rotatable bonds is 5. The van der Waals surface area contributed by atoms with E-state index in [2.05, 4.69) is 6.58 Å². The van der Waals surface area contributed by atoms with Gasteiger partial charge < -0.3 is 5.11 Å². The molecule has 1 aliphatic heterocycles. The molecule has 0 bridgehead atoms. The van der Waals surface area contributed by atoms with E-state index in [0.717, 1.165) is 11.1 Å². The summed E-state index contributed by atoms with van der Waals surface area (Å²) in [5.41, 5.74) is 4.44. The summed E-state index contributed by atoms with van der Waals surface area (Å²) in [5, 5.41) is 18.6. The number of carbonyl (C=O) groups is 1. The van der Waals surface area contributed by atoms with E-state index in [-0.39, 0.29) is 10.7 Å².